The molecule has 0 bridgehead atoms. The molecule has 1 aromatic heterocycles. The van der Waals surface area contributed by atoms with Gasteiger partial charge in [-0.25, -0.2) is 4.98 Å². The molecule has 2 atom stereocenters. The molecular weight excluding hydrogens is 234 g/mol. The van der Waals surface area contributed by atoms with E-state index in [0.29, 0.717) is 17.0 Å². The fourth-order valence-electron chi connectivity index (χ4n) is 1.92. The summed E-state index contributed by atoms with van der Waals surface area (Å²) in [5.41, 5.74) is 6.30. The molecular formula is C12H17N3OS. The zero-order chi connectivity index (χ0) is 12.3. The molecule has 5 heteroatoms. The van der Waals surface area contributed by atoms with Gasteiger partial charge in [0.1, 0.15) is 10.8 Å². The number of aromatic nitrogens is 1. The molecule has 3 N–H and O–H groups in total. The molecule has 0 radical (unpaired) electrons. The van der Waals surface area contributed by atoms with E-state index < -0.39 is 0 Å². The standard InChI is InChI=1S/C12H17N3OS/c1-8-9(4-5-16-8)6-14-11-3-2-10(7-15-11)12(13)17/h2-3,7-9H,4-6H2,1H3,(H2,13,17)(H,14,15). The number of ether oxygens (including phenoxy) is 1. The number of hydrogen-bond donors (Lipinski definition) is 2. The van der Waals surface area contributed by atoms with Crippen molar-refractivity contribution in [3.8, 4) is 0 Å². The van der Waals surface area contributed by atoms with E-state index in [9.17, 15) is 0 Å². The van der Waals surface area contributed by atoms with E-state index in [1.54, 1.807) is 6.20 Å². The number of anilines is 1. The van der Waals surface area contributed by atoms with Gasteiger partial charge in [-0.3, -0.25) is 0 Å². The maximum Gasteiger partial charge on any atom is 0.125 e. The molecule has 0 aromatic carbocycles. The van der Waals surface area contributed by atoms with Crippen molar-refractivity contribution in [2.45, 2.75) is 19.4 Å². The third kappa shape index (κ3) is 3.14. The Hall–Kier alpha value is -1.20. The van der Waals surface area contributed by atoms with Crippen LogP contribution >= 0.6 is 12.2 Å². The van der Waals surface area contributed by atoms with E-state index in [1.807, 2.05) is 12.1 Å². The summed E-state index contributed by atoms with van der Waals surface area (Å²) in [6.45, 7) is 3.87. The number of hydrogen-bond acceptors (Lipinski definition) is 4. The Morgan fingerprint density at radius 1 is 1.65 bits per heavy atom. The molecule has 2 rings (SSSR count). The molecule has 2 heterocycles. The minimum Gasteiger partial charge on any atom is -0.389 e. The Morgan fingerprint density at radius 2 is 2.47 bits per heavy atom. The SMILES string of the molecule is CC1OCCC1CNc1ccc(C(N)=S)cn1. The first-order chi connectivity index (χ1) is 8.16. The van der Waals surface area contributed by atoms with Crippen LogP contribution in [-0.2, 0) is 4.74 Å². The minimum atomic E-state index is 0.332. The number of nitrogens with zero attached hydrogens (tertiary/aromatic N) is 1. The second kappa shape index (κ2) is 5.42. The van der Waals surface area contributed by atoms with Crippen molar-refractivity contribution in [3.05, 3.63) is 23.9 Å². The fraction of sp³-hybridized carbons (Fsp3) is 0.500. The number of pyridine rings is 1. The highest BCUT2D eigenvalue weighted by Crippen LogP contribution is 2.20. The normalized spacial score (nSPS) is 23.6. The molecule has 4 nitrogen and oxygen atoms in total. The van der Waals surface area contributed by atoms with Crippen LogP contribution in [0.3, 0.4) is 0 Å². The highest BCUT2D eigenvalue weighted by molar-refractivity contribution is 7.80. The maximum absolute atomic E-state index is 5.51. The second-order valence-corrected chi connectivity index (χ2v) is 4.74. The lowest BCUT2D eigenvalue weighted by atomic mass is 10.0. The molecule has 1 aliphatic rings. The smallest absolute Gasteiger partial charge is 0.125 e. The van der Waals surface area contributed by atoms with E-state index in [4.69, 9.17) is 22.7 Å². The predicted molar refractivity (Wildman–Crippen MR) is 72.1 cm³/mol. The van der Waals surface area contributed by atoms with Gasteiger partial charge in [0.25, 0.3) is 0 Å². The van der Waals surface area contributed by atoms with Gasteiger partial charge in [0.2, 0.25) is 0 Å². The summed E-state index contributed by atoms with van der Waals surface area (Å²) in [5.74, 6) is 1.41. The largest absolute Gasteiger partial charge is 0.389 e. The summed E-state index contributed by atoms with van der Waals surface area (Å²) in [7, 11) is 0. The number of nitrogens with two attached hydrogens (primary N) is 1. The molecule has 17 heavy (non-hydrogen) atoms. The second-order valence-electron chi connectivity index (χ2n) is 4.30. The van der Waals surface area contributed by atoms with Crippen LogP contribution in [0.4, 0.5) is 5.82 Å². The third-order valence-corrected chi connectivity index (χ3v) is 3.36. The van der Waals surface area contributed by atoms with Crippen molar-refractivity contribution in [1.29, 1.82) is 0 Å². The van der Waals surface area contributed by atoms with Gasteiger partial charge in [-0.1, -0.05) is 12.2 Å². The lowest BCUT2D eigenvalue weighted by molar-refractivity contribution is 0.108. The average Bonchev–Trinajstić information content (AvgIpc) is 2.73. The summed E-state index contributed by atoms with van der Waals surface area (Å²) in [4.78, 5) is 4.64. The summed E-state index contributed by atoms with van der Waals surface area (Å²) in [6, 6.07) is 3.78. The highest BCUT2D eigenvalue weighted by Gasteiger charge is 2.23. The van der Waals surface area contributed by atoms with Crippen LogP contribution in [0.5, 0.6) is 0 Å². The molecule has 1 aromatic rings. The van der Waals surface area contributed by atoms with Gasteiger partial charge in [0.05, 0.1) is 6.10 Å². The van der Waals surface area contributed by atoms with Gasteiger partial charge < -0.3 is 15.8 Å². The Balaban J connectivity index is 1.88. The van der Waals surface area contributed by atoms with Crippen LogP contribution in [-0.4, -0.2) is 29.2 Å². The van der Waals surface area contributed by atoms with Crippen LogP contribution in [0.25, 0.3) is 0 Å². The Kier molecular flexibility index (Phi) is 3.91. The molecule has 0 aliphatic carbocycles. The highest BCUT2D eigenvalue weighted by atomic mass is 32.1. The van der Waals surface area contributed by atoms with Gasteiger partial charge in [0, 0.05) is 30.8 Å². The number of nitrogens with one attached hydrogen (secondary N) is 1. The fourth-order valence-corrected chi connectivity index (χ4v) is 2.04. The van der Waals surface area contributed by atoms with Crippen LogP contribution in [0.2, 0.25) is 0 Å². The van der Waals surface area contributed by atoms with Crippen LogP contribution < -0.4 is 11.1 Å². The van der Waals surface area contributed by atoms with Crippen molar-refractivity contribution in [1.82, 2.24) is 4.98 Å². The summed E-state index contributed by atoms with van der Waals surface area (Å²) < 4.78 is 5.51. The van der Waals surface area contributed by atoms with Crippen LogP contribution in [0, 0.1) is 5.92 Å². The van der Waals surface area contributed by atoms with Crippen LogP contribution in [0.15, 0.2) is 18.3 Å². The van der Waals surface area contributed by atoms with E-state index in [2.05, 4.69) is 17.2 Å². The molecule has 1 aliphatic heterocycles. The molecule has 2 unspecified atom stereocenters. The van der Waals surface area contributed by atoms with Crippen molar-refractivity contribution in [2.24, 2.45) is 11.7 Å². The average molecular weight is 251 g/mol. The quantitative estimate of drug-likeness (QED) is 0.795. The molecule has 0 amide bonds. The lowest BCUT2D eigenvalue weighted by Crippen LogP contribution is -2.21. The van der Waals surface area contributed by atoms with Gasteiger partial charge in [0.15, 0.2) is 0 Å². The molecule has 1 saturated heterocycles. The van der Waals surface area contributed by atoms with Crippen molar-refractivity contribution in [3.63, 3.8) is 0 Å². The molecule has 0 spiro atoms. The molecule has 1 fully saturated rings. The monoisotopic (exact) mass is 251 g/mol. The van der Waals surface area contributed by atoms with E-state index in [1.165, 1.54) is 0 Å². The summed E-state index contributed by atoms with van der Waals surface area (Å²) in [6.07, 6.45) is 3.14. The first-order valence-electron chi connectivity index (χ1n) is 5.78. The first-order valence-corrected chi connectivity index (χ1v) is 6.19. The zero-order valence-electron chi connectivity index (χ0n) is 9.85. The van der Waals surface area contributed by atoms with Crippen LogP contribution in [0.1, 0.15) is 18.9 Å². The Labute approximate surface area is 107 Å². The lowest BCUT2D eigenvalue weighted by Gasteiger charge is -2.15. The first kappa shape index (κ1) is 12.3. The van der Waals surface area contributed by atoms with Gasteiger partial charge in [-0.05, 0) is 25.5 Å². The van der Waals surface area contributed by atoms with Gasteiger partial charge in [-0.2, -0.15) is 0 Å². The molecule has 0 saturated carbocycles. The Morgan fingerprint density at radius 3 is 3.00 bits per heavy atom. The van der Waals surface area contributed by atoms with E-state index >= 15 is 0 Å². The topological polar surface area (TPSA) is 60.2 Å². The third-order valence-electron chi connectivity index (χ3n) is 3.13. The van der Waals surface area contributed by atoms with Crippen molar-refractivity contribution < 1.29 is 4.74 Å². The maximum atomic E-state index is 5.51. The van der Waals surface area contributed by atoms with E-state index in [-0.39, 0.29) is 0 Å². The number of rotatable bonds is 4. The summed E-state index contributed by atoms with van der Waals surface area (Å²) in [5, 5.41) is 3.31. The van der Waals surface area contributed by atoms with Gasteiger partial charge in [-0.15, -0.1) is 0 Å². The molecule has 92 valence electrons. The van der Waals surface area contributed by atoms with Gasteiger partial charge >= 0.3 is 0 Å². The number of thiocarbonyl (C=S) groups is 1. The van der Waals surface area contributed by atoms with Crippen molar-refractivity contribution >= 4 is 23.0 Å². The van der Waals surface area contributed by atoms with Crippen molar-refractivity contribution in [2.75, 3.05) is 18.5 Å². The summed E-state index contributed by atoms with van der Waals surface area (Å²) >= 11 is 4.87. The predicted octanol–water partition coefficient (Wildman–Crippen LogP) is 1.55. The van der Waals surface area contributed by atoms with E-state index in [0.717, 1.165) is 31.0 Å². The minimum absolute atomic E-state index is 0.332. The Bertz CT molecular complexity index is 393. The zero-order valence-corrected chi connectivity index (χ0v) is 10.7.